The van der Waals surface area contributed by atoms with Gasteiger partial charge in [-0.3, -0.25) is 4.79 Å². The van der Waals surface area contributed by atoms with E-state index in [0.717, 1.165) is 12.8 Å². The van der Waals surface area contributed by atoms with Crippen molar-refractivity contribution in [1.82, 2.24) is 25.9 Å². The summed E-state index contributed by atoms with van der Waals surface area (Å²) in [5.74, 6) is 0.279. The van der Waals surface area contributed by atoms with Crippen molar-refractivity contribution in [1.29, 1.82) is 0 Å². The van der Waals surface area contributed by atoms with Gasteiger partial charge in [0, 0.05) is 0 Å². The van der Waals surface area contributed by atoms with Crippen molar-refractivity contribution in [2.75, 3.05) is 0 Å². The maximum Gasteiger partial charge on any atom is 0.237 e. The van der Waals surface area contributed by atoms with Crippen LogP contribution in [0.25, 0.3) is 0 Å². The SMILES string of the molecule is CCCC[C@H](N)C(=O)NC(C)c1nn[nH]n1. The highest BCUT2D eigenvalue weighted by molar-refractivity contribution is 5.81. The lowest BCUT2D eigenvalue weighted by molar-refractivity contribution is -0.123. The van der Waals surface area contributed by atoms with Crippen LogP contribution in [0, 0.1) is 0 Å². The summed E-state index contributed by atoms with van der Waals surface area (Å²) in [4.78, 5) is 11.6. The Balaban J connectivity index is 2.39. The molecule has 90 valence electrons. The summed E-state index contributed by atoms with van der Waals surface area (Å²) in [5, 5.41) is 16.1. The molecule has 0 fully saturated rings. The van der Waals surface area contributed by atoms with Crippen LogP contribution in [-0.2, 0) is 4.79 Å². The number of H-pyrrole nitrogens is 1. The molecule has 2 atom stereocenters. The average molecular weight is 226 g/mol. The highest BCUT2D eigenvalue weighted by Crippen LogP contribution is 2.05. The molecule has 16 heavy (non-hydrogen) atoms. The Morgan fingerprint density at radius 1 is 1.62 bits per heavy atom. The first-order valence-electron chi connectivity index (χ1n) is 5.44. The Labute approximate surface area is 94.2 Å². The minimum Gasteiger partial charge on any atom is -0.345 e. The number of hydrogen-bond acceptors (Lipinski definition) is 5. The third-order valence-electron chi connectivity index (χ3n) is 2.31. The molecule has 1 unspecified atom stereocenters. The van der Waals surface area contributed by atoms with Crippen molar-refractivity contribution < 1.29 is 4.79 Å². The second kappa shape index (κ2) is 6.16. The lowest BCUT2D eigenvalue weighted by Crippen LogP contribution is -2.41. The number of carbonyl (C=O) groups excluding carboxylic acids is 1. The van der Waals surface area contributed by atoms with E-state index in [9.17, 15) is 4.79 Å². The molecule has 0 spiro atoms. The number of amides is 1. The zero-order chi connectivity index (χ0) is 12.0. The molecule has 1 aromatic heterocycles. The minimum atomic E-state index is -0.464. The number of nitrogens with two attached hydrogens (primary N) is 1. The van der Waals surface area contributed by atoms with E-state index in [-0.39, 0.29) is 11.9 Å². The van der Waals surface area contributed by atoms with Crippen molar-refractivity contribution in [3.05, 3.63) is 5.82 Å². The number of unbranched alkanes of at least 4 members (excludes halogenated alkanes) is 1. The van der Waals surface area contributed by atoms with E-state index in [1.807, 2.05) is 0 Å². The molecule has 0 aliphatic carbocycles. The third-order valence-corrected chi connectivity index (χ3v) is 2.31. The first kappa shape index (κ1) is 12.6. The van der Waals surface area contributed by atoms with Crippen molar-refractivity contribution in [3.8, 4) is 0 Å². The molecule has 1 aromatic rings. The first-order valence-corrected chi connectivity index (χ1v) is 5.44. The van der Waals surface area contributed by atoms with Gasteiger partial charge in [0.05, 0.1) is 12.1 Å². The number of aromatic amines is 1. The fourth-order valence-electron chi connectivity index (χ4n) is 1.29. The summed E-state index contributed by atoms with van der Waals surface area (Å²) in [6.45, 7) is 3.85. The lowest BCUT2D eigenvalue weighted by Gasteiger charge is -2.14. The highest BCUT2D eigenvalue weighted by atomic mass is 16.2. The molecule has 1 rings (SSSR count). The minimum absolute atomic E-state index is 0.175. The summed E-state index contributed by atoms with van der Waals surface area (Å²) in [5.41, 5.74) is 5.73. The molecule has 1 amide bonds. The molecule has 0 radical (unpaired) electrons. The van der Waals surface area contributed by atoms with Crippen LogP contribution in [-0.4, -0.2) is 32.6 Å². The maximum absolute atomic E-state index is 11.6. The van der Waals surface area contributed by atoms with E-state index in [0.29, 0.717) is 12.2 Å². The number of tetrazole rings is 1. The van der Waals surface area contributed by atoms with Crippen LogP contribution >= 0.6 is 0 Å². The molecule has 1 heterocycles. The summed E-state index contributed by atoms with van der Waals surface area (Å²) in [6.07, 6.45) is 2.67. The number of nitrogens with one attached hydrogen (secondary N) is 2. The van der Waals surface area contributed by atoms with Gasteiger partial charge in [0.25, 0.3) is 0 Å². The Morgan fingerprint density at radius 3 is 2.94 bits per heavy atom. The molecular formula is C9H18N6O. The van der Waals surface area contributed by atoms with Crippen LogP contribution in [0.1, 0.15) is 45.0 Å². The predicted molar refractivity (Wildman–Crippen MR) is 58.2 cm³/mol. The Morgan fingerprint density at radius 2 is 2.38 bits per heavy atom. The fraction of sp³-hybridized carbons (Fsp3) is 0.778. The largest absolute Gasteiger partial charge is 0.345 e. The van der Waals surface area contributed by atoms with Gasteiger partial charge in [0.1, 0.15) is 0 Å². The van der Waals surface area contributed by atoms with Gasteiger partial charge in [0.15, 0.2) is 5.82 Å². The molecule has 7 nitrogen and oxygen atoms in total. The van der Waals surface area contributed by atoms with Gasteiger partial charge in [-0.2, -0.15) is 5.21 Å². The topological polar surface area (TPSA) is 110 Å². The van der Waals surface area contributed by atoms with Crippen molar-refractivity contribution in [2.24, 2.45) is 5.73 Å². The molecule has 4 N–H and O–H groups in total. The van der Waals surface area contributed by atoms with E-state index in [2.05, 4.69) is 32.9 Å². The zero-order valence-electron chi connectivity index (χ0n) is 9.60. The number of aromatic nitrogens is 4. The van der Waals surface area contributed by atoms with Crippen LogP contribution in [0.4, 0.5) is 0 Å². The van der Waals surface area contributed by atoms with Gasteiger partial charge in [0.2, 0.25) is 5.91 Å². The predicted octanol–water partition coefficient (Wildman–Crippen LogP) is -0.106. The van der Waals surface area contributed by atoms with Crippen LogP contribution in [0.5, 0.6) is 0 Å². The van der Waals surface area contributed by atoms with Crippen LogP contribution < -0.4 is 11.1 Å². The number of hydrogen-bond donors (Lipinski definition) is 3. The van der Waals surface area contributed by atoms with Crippen LogP contribution in [0.3, 0.4) is 0 Å². The molecule has 0 aliphatic rings. The van der Waals surface area contributed by atoms with Gasteiger partial charge in [-0.1, -0.05) is 25.0 Å². The number of nitrogens with zero attached hydrogens (tertiary/aromatic N) is 3. The highest BCUT2D eigenvalue weighted by Gasteiger charge is 2.18. The molecular weight excluding hydrogens is 208 g/mol. The normalized spacial score (nSPS) is 14.4. The number of rotatable bonds is 6. The monoisotopic (exact) mass is 226 g/mol. The Bertz CT molecular complexity index is 312. The van der Waals surface area contributed by atoms with Gasteiger partial charge in [-0.15, -0.1) is 10.2 Å². The van der Waals surface area contributed by atoms with E-state index >= 15 is 0 Å². The first-order chi connectivity index (χ1) is 7.65. The summed E-state index contributed by atoms with van der Waals surface area (Å²) < 4.78 is 0. The number of carbonyl (C=O) groups is 1. The van der Waals surface area contributed by atoms with Gasteiger partial charge in [-0.05, 0) is 13.3 Å². The Kier molecular flexibility index (Phi) is 4.84. The van der Waals surface area contributed by atoms with E-state index in [4.69, 9.17) is 5.73 Å². The van der Waals surface area contributed by atoms with E-state index in [1.54, 1.807) is 6.92 Å². The average Bonchev–Trinajstić information content (AvgIpc) is 2.79. The zero-order valence-corrected chi connectivity index (χ0v) is 9.60. The summed E-state index contributed by atoms with van der Waals surface area (Å²) in [7, 11) is 0. The summed E-state index contributed by atoms with van der Waals surface area (Å²) >= 11 is 0. The summed E-state index contributed by atoms with van der Waals surface area (Å²) in [6, 6.07) is -0.742. The van der Waals surface area contributed by atoms with Gasteiger partial charge < -0.3 is 11.1 Å². The quantitative estimate of drug-likeness (QED) is 0.627. The standard InChI is InChI=1S/C9H18N6O/c1-3-4-5-7(10)9(16)11-6(2)8-12-14-15-13-8/h6-7H,3-5,10H2,1-2H3,(H,11,16)(H,12,13,14,15)/t6?,7-/m0/s1. The van der Waals surface area contributed by atoms with Gasteiger partial charge >= 0.3 is 0 Å². The van der Waals surface area contributed by atoms with E-state index in [1.165, 1.54) is 0 Å². The fourth-order valence-corrected chi connectivity index (χ4v) is 1.29. The van der Waals surface area contributed by atoms with Gasteiger partial charge in [-0.25, -0.2) is 0 Å². The molecule has 0 saturated heterocycles. The van der Waals surface area contributed by atoms with Crippen LogP contribution in [0.2, 0.25) is 0 Å². The molecule has 0 bridgehead atoms. The smallest absolute Gasteiger partial charge is 0.237 e. The maximum atomic E-state index is 11.6. The molecule has 0 aliphatic heterocycles. The van der Waals surface area contributed by atoms with E-state index < -0.39 is 6.04 Å². The van der Waals surface area contributed by atoms with Crippen LogP contribution in [0.15, 0.2) is 0 Å². The van der Waals surface area contributed by atoms with Crippen molar-refractivity contribution in [2.45, 2.75) is 45.2 Å². The van der Waals surface area contributed by atoms with Crippen molar-refractivity contribution >= 4 is 5.91 Å². The molecule has 0 aromatic carbocycles. The third kappa shape index (κ3) is 3.58. The Hall–Kier alpha value is -1.50. The van der Waals surface area contributed by atoms with Crippen molar-refractivity contribution in [3.63, 3.8) is 0 Å². The molecule has 7 heteroatoms. The second-order valence-corrected chi connectivity index (χ2v) is 3.75. The lowest BCUT2D eigenvalue weighted by atomic mass is 10.1. The second-order valence-electron chi connectivity index (χ2n) is 3.75. The molecule has 0 saturated carbocycles.